The van der Waals surface area contributed by atoms with Crippen molar-refractivity contribution in [1.29, 1.82) is 5.26 Å². The van der Waals surface area contributed by atoms with Crippen LogP contribution in [0, 0.1) is 84.9 Å². The van der Waals surface area contributed by atoms with E-state index in [0.29, 0.717) is 97.4 Å². The number of hydrogen-bond donors (Lipinski definition) is 8. The van der Waals surface area contributed by atoms with Crippen LogP contribution in [0.1, 0.15) is 168 Å². The number of nitrogens with one attached hydrogen (secondary N) is 4. The summed E-state index contributed by atoms with van der Waals surface area (Å²) in [6.07, 6.45) is 19.9. The quantitative estimate of drug-likeness (QED) is 0.0202. The maximum Gasteiger partial charge on any atom is 0.309 e. The van der Waals surface area contributed by atoms with Gasteiger partial charge in [-0.2, -0.15) is 25.2 Å². The van der Waals surface area contributed by atoms with E-state index in [-0.39, 0.29) is 44.0 Å². The van der Waals surface area contributed by atoms with Crippen molar-refractivity contribution in [2.45, 2.75) is 155 Å². The molecule has 0 radical (unpaired) electrons. The monoisotopic (exact) mass is 2060 g/mol. The van der Waals surface area contributed by atoms with Gasteiger partial charge in [-0.25, -0.2) is 19.9 Å². The van der Waals surface area contributed by atoms with E-state index < -0.39 is 20.9 Å². The summed E-state index contributed by atoms with van der Waals surface area (Å²) < 4.78 is 13.9. The fourth-order valence-corrected chi connectivity index (χ4v) is 23.4. The number of aliphatic hydroxyl groups excluding tert-OH is 3. The van der Waals surface area contributed by atoms with E-state index in [1.165, 1.54) is 51.4 Å². The van der Waals surface area contributed by atoms with Crippen LogP contribution in [0.25, 0.3) is 0 Å². The number of rotatable bonds is 29. The van der Waals surface area contributed by atoms with Gasteiger partial charge in [0.25, 0.3) is 0 Å². The molecule has 0 amide bonds. The number of carbonyl (C=O) groups is 1. The second-order valence-corrected chi connectivity index (χ2v) is 44.9. The average molecular weight is 2070 g/mol. The molecule has 4 aromatic carbocycles. The van der Waals surface area contributed by atoms with Crippen LogP contribution in [0.15, 0.2) is 111 Å². The van der Waals surface area contributed by atoms with Crippen LogP contribution in [0.4, 0.5) is 47.1 Å². The molecule has 718 valence electrons. The number of nitrogens with zero attached hydrogens (tertiary/aromatic N) is 17. The predicted molar refractivity (Wildman–Crippen MR) is 545 cm³/mol. The summed E-state index contributed by atoms with van der Waals surface area (Å²) in [6, 6.07) is 26.0. The van der Waals surface area contributed by atoms with Crippen molar-refractivity contribution in [3.8, 4) is 6.07 Å². The molecule has 8 saturated heterocycles. The maximum atomic E-state index is 12.2. The van der Waals surface area contributed by atoms with Crippen LogP contribution in [0.3, 0.4) is 0 Å². The lowest BCUT2D eigenvalue weighted by Gasteiger charge is -2.52. The van der Waals surface area contributed by atoms with Gasteiger partial charge in [0.15, 0.2) is 5.82 Å². The Morgan fingerprint density at radius 2 is 0.797 bits per heavy atom. The largest absolute Gasteiger partial charge is 0.481 e. The van der Waals surface area contributed by atoms with Gasteiger partial charge in [-0.05, 0) is 310 Å². The minimum atomic E-state index is -2.36. The summed E-state index contributed by atoms with van der Waals surface area (Å²) in [5.74, 6) is 13.8. The fraction of sp³-hybridized carbons (Fsp3) is 0.561. The van der Waals surface area contributed by atoms with Crippen LogP contribution in [0.2, 0.25) is 25.1 Å². The number of carboxylic acid groups (broad SMARTS) is 1. The number of nitriles is 1. The first-order valence-corrected chi connectivity index (χ1v) is 52.6. The number of benzene rings is 4. The molecule has 9 unspecified atom stereocenters. The smallest absolute Gasteiger partial charge is 0.309 e. The fourth-order valence-electron chi connectivity index (χ4n) is 20.3. The summed E-state index contributed by atoms with van der Waals surface area (Å²) in [6.45, 7) is 35.5. The number of aryl methyl sites for hydroxylation is 3. The minimum Gasteiger partial charge on any atom is -0.481 e. The Morgan fingerprint density at radius 3 is 1.15 bits per heavy atom. The molecule has 35 heteroatoms. The van der Waals surface area contributed by atoms with Crippen molar-refractivity contribution in [1.82, 2.24) is 59.5 Å². The molecule has 9 fully saturated rings. The van der Waals surface area contributed by atoms with Crippen molar-refractivity contribution in [2.75, 3.05) is 191 Å². The topological polar surface area (TPSA) is 316 Å². The second kappa shape index (κ2) is 46.0. The number of anilines is 8. The number of β-amino-alcohol motifs (C(OH)–C–C–N with tert-alkyl or cyclic N) is 3. The van der Waals surface area contributed by atoms with Crippen LogP contribution in [-0.2, 0) is 14.3 Å². The Balaban J connectivity index is 0.000000143. The van der Waals surface area contributed by atoms with Crippen molar-refractivity contribution in [2.24, 2.45) is 52.8 Å². The minimum absolute atomic E-state index is 0.00370. The summed E-state index contributed by atoms with van der Waals surface area (Å²) in [5.41, 5.74) is 7.17. The third-order valence-corrected chi connectivity index (χ3v) is 32.5. The lowest BCUT2D eigenvalue weighted by Crippen LogP contribution is -2.58. The van der Waals surface area contributed by atoms with E-state index in [9.17, 15) is 34.7 Å². The van der Waals surface area contributed by atoms with Gasteiger partial charge >= 0.3 is 5.97 Å². The molecule has 0 spiro atoms. The molecular weight excluding hydrogens is 1940 g/mol. The van der Waals surface area contributed by atoms with Gasteiger partial charge in [0, 0.05) is 148 Å². The number of aromatic nitrogens is 8. The molecule has 8 aliphatic heterocycles. The number of likely N-dealkylation sites (tertiary alicyclic amines) is 4. The van der Waals surface area contributed by atoms with E-state index in [0.717, 1.165) is 224 Å². The van der Waals surface area contributed by atoms with Crippen molar-refractivity contribution in [3.05, 3.63) is 176 Å². The van der Waals surface area contributed by atoms with Crippen LogP contribution in [0.5, 0.6) is 0 Å². The molecule has 1 saturated carbocycles. The standard InChI is InChI=1S/C27H35BrClN5O2.C25H33ClN6O2S.C23H31BrClN5O.C23H31Cl2N5O/c1-16-6-7-21(23(29)9-16)17(2)31-24-22(28)12-30-26(32-24)34-14-19(15-34)18-5-4-8-33(13-18)20-10-27(3,11-20)25(35)36;1-17(22-7-6-21(11-23(22)26)35(2,3)34)29-24-19(12-27)13-28-25(30-24)32-15-20(16-32)18-5-4-8-31(14-18)9-10-33;1-15-5-6-19(21(25)10-15)16(2)27-22-20(24)11-26-23(28-22)30-13-18(14-30)17-4-3-7-29(12-17)8-9-31;1-15-5-6-19(20(24)10-15)16(2)27-22-21(25)11-26-23(28-22)30-13-18(14-30)17-4-3-7-29(12-17)8-9-31/h6-7,9,12,17-20H,4-5,8,10-11,13-15H2,1-3H3,(H,35,36)(H,30,31,32);6-7,11,13,17-18,20,33H,2,4-5,8-10,14-16H2,1,3H3,(H,28,29,30);2*5-6,10-11,16-18,31H,3-4,7-9,12-14H2,1-2H3,(H,26,27,28). The van der Waals surface area contributed by atoms with Crippen LogP contribution < -0.4 is 40.9 Å². The molecule has 4 aromatic heterocycles. The Bertz CT molecular complexity index is 5320. The van der Waals surface area contributed by atoms with E-state index in [1.54, 1.807) is 30.8 Å². The Labute approximate surface area is 827 Å². The SMILES string of the molecule is C=S(C)(=O)c1ccc(C(C)Nc2nc(N3CC(C4CCCN(CCO)C4)C3)ncc2C#N)c(Cl)c1.Cc1ccc(C(C)Nc2nc(N3CC(C4CCCN(C5CC(C)(C(=O)O)C5)C4)C3)ncc2Br)c(Cl)c1.Cc1ccc(C(C)Nc2nc(N3CC(C4CCCN(CCO)C4)C3)ncc2Br)c(Cl)c1.Cc1ccc(C(C)Nc2nc(N3CC(C4CCCN(CCO)C4)C3)ncc2Cl)c(Cl)c1. The molecule has 12 heterocycles. The van der Waals surface area contributed by atoms with Gasteiger partial charge in [0.05, 0.1) is 70.7 Å². The molecule has 27 nitrogen and oxygen atoms in total. The highest BCUT2D eigenvalue weighted by molar-refractivity contribution is 9.11. The Morgan fingerprint density at radius 1 is 0.474 bits per heavy atom. The molecule has 0 bridgehead atoms. The second-order valence-electron chi connectivity index (χ2n) is 38.6. The van der Waals surface area contributed by atoms with Gasteiger partial charge < -0.3 is 80.9 Å². The van der Waals surface area contributed by atoms with Gasteiger partial charge in [0.1, 0.15) is 34.1 Å². The van der Waals surface area contributed by atoms with Gasteiger partial charge in [-0.3, -0.25) is 9.00 Å². The van der Waals surface area contributed by atoms with Gasteiger partial charge in [-0.1, -0.05) is 100 Å². The molecule has 17 rings (SSSR count). The predicted octanol–water partition coefficient (Wildman–Crippen LogP) is 17.7. The van der Waals surface area contributed by atoms with Gasteiger partial charge in [-0.15, -0.1) is 0 Å². The van der Waals surface area contributed by atoms with E-state index in [2.05, 4.69) is 180 Å². The van der Waals surface area contributed by atoms with Crippen LogP contribution >= 0.6 is 89.9 Å². The molecule has 8 N–H and O–H groups in total. The Kier molecular flexibility index (Phi) is 35.1. The molecule has 1 aliphatic carbocycles. The number of hydrogen-bond acceptors (Lipinski definition) is 26. The zero-order valence-electron chi connectivity index (χ0n) is 77.8. The third-order valence-electron chi connectivity index (χ3n) is 28.5. The lowest BCUT2D eigenvalue weighted by atomic mass is 9.65. The zero-order valence-corrected chi connectivity index (χ0v) is 85.6. The third kappa shape index (κ3) is 25.8. The summed E-state index contributed by atoms with van der Waals surface area (Å²) in [4.78, 5) is 67.7. The number of halogens is 7. The first kappa shape index (κ1) is 102. The van der Waals surface area contributed by atoms with Crippen LogP contribution in [-0.4, -0.2) is 252 Å². The number of carboxylic acids is 1. The van der Waals surface area contributed by atoms with Gasteiger partial charge in [0.2, 0.25) is 23.8 Å². The lowest BCUT2D eigenvalue weighted by molar-refractivity contribution is -0.158. The maximum absolute atomic E-state index is 12.2. The first-order valence-electron chi connectivity index (χ1n) is 47.0. The molecule has 8 aromatic rings. The molecule has 9 atom stereocenters. The van der Waals surface area contributed by atoms with Crippen molar-refractivity contribution < 1.29 is 29.4 Å². The first-order chi connectivity index (χ1) is 63.7. The van der Waals surface area contributed by atoms with E-state index >= 15 is 0 Å². The highest BCUT2D eigenvalue weighted by atomic mass is 79.9. The molecule has 9 aliphatic rings. The normalized spacial score (nSPS) is 23.0. The van der Waals surface area contributed by atoms with Crippen molar-refractivity contribution in [3.63, 3.8) is 0 Å². The van der Waals surface area contributed by atoms with E-state index in [4.69, 9.17) is 73.0 Å². The highest BCUT2D eigenvalue weighted by Gasteiger charge is 2.50. The zero-order chi connectivity index (χ0) is 94.7. The molecule has 133 heavy (non-hydrogen) atoms. The number of aliphatic hydroxyl groups is 3. The highest BCUT2D eigenvalue weighted by Crippen LogP contribution is 2.47. The molecular formula is C98H130Br2Cl5N21O6S. The van der Waals surface area contributed by atoms with E-state index in [1.807, 2.05) is 77.3 Å². The average Bonchev–Trinajstić information content (AvgIpc) is 0.759. The number of aliphatic carboxylic acids is 1. The number of piperidine rings is 4. The van der Waals surface area contributed by atoms with Crippen molar-refractivity contribution >= 4 is 158 Å². The summed E-state index contributed by atoms with van der Waals surface area (Å²) >= 11 is 39.4. The summed E-state index contributed by atoms with van der Waals surface area (Å²) in [5, 5.41) is 63.7. The Hall–Kier alpha value is -7.29. The summed E-state index contributed by atoms with van der Waals surface area (Å²) in [7, 11) is -2.36.